The number of ether oxygens (including phenoxy) is 1. The summed E-state index contributed by atoms with van der Waals surface area (Å²) < 4.78 is 5.24. The van der Waals surface area contributed by atoms with Gasteiger partial charge in [-0.25, -0.2) is 9.97 Å². The number of rotatable bonds is 4. The highest BCUT2D eigenvalue weighted by Crippen LogP contribution is 2.27. The number of hydrogen-bond acceptors (Lipinski definition) is 5. The molecule has 0 aliphatic carbocycles. The number of nitrogens with one attached hydrogen (secondary N) is 3. The van der Waals surface area contributed by atoms with Crippen LogP contribution in [-0.2, 0) is 0 Å². The molecule has 0 saturated carbocycles. The molecule has 3 aromatic carbocycles. The Kier molecular flexibility index (Phi) is 4.38. The maximum Gasteiger partial charge on any atom is 0.138 e. The number of benzene rings is 3. The first-order valence-electron chi connectivity index (χ1n) is 10.7. The van der Waals surface area contributed by atoms with Crippen LogP contribution >= 0.6 is 0 Å². The molecule has 0 saturated heterocycles. The highest BCUT2D eigenvalue weighted by Gasteiger charge is 2.12. The molecule has 6 rings (SSSR count). The number of aromatic amines is 2. The second-order valence-corrected chi connectivity index (χ2v) is 7.87. The van der Waals surface area contributed by atoms with Gasteiger partial charge in [-0.2, -0.15) is 0 Å². The van der Waals surface area contributed by atoms with Crippen molar-refractivity contribution in [1.29, 1.82) is 0 Å². The molecule has 1 aliphatic rings. The van der Waals surface area contributed by atoms with Crippen molar-refractivity contribution in [2.75, 3.05) is 20.2 Å². The molecule has 0 atom stereocenters. The quantitative estimate of drug-likeness (QED) is 0.397. The number of hydrogen-bond donors (Lipinski definition) is 3. The van der Waals surface area contributed by atoms with Gasteiger partial charge in [0.25, 0.3) is 0 Å². The number of methoxy groups -OCH3 is 1. The first-order valence-corrected chi connectivity index (χ1v) is 10.7. The van der Waals surface area contributed by atoms with Crippen molar-refractivity contribution in [3.8, 4) is 28.5 Å². The smallest absolute Gasteiger partial charge is 0.138 e. The van der Waals surface area contributed by atoms with Gasteiger partial charge in [-0.05, 0) is 67.1 Å². The molecule has 32 heavy (non-hydrogen) atoms. The minimum absolute atomic E-state index is 0.825. The van der Waals surface area contributed by atoms with Crippen LogP contribution in [0.15, 0.2) is 65.7 Å². The molecule has 5 aromatic rings. The van der Waals surface area contributed by atoms with E-state index in [2.05, 4.69) is 38.5 Å². The minimum Gasteiger partial charge on any atom is -0.497 e. The summed E-state index contributed by atoms with van der Waals surface area (Å²) in [5.41, 5.74) is 6.92. The molecule has 7 heteroatoms. The Morgan fingerprint density at radius 2 is 1.38 bits per heavy atom. The van der Waals surface area contributed by atoms with E-state index < -0.39 is 0 Å². The Morgan fingerprint density at radius 1 is 0.750 bits per heavy atom. The molecule has 7 nitrogen and oxygen atoms in total. The first kappa shape index (κ1) is 18.6. The lowest BCUT2D eigenvalue weighted by atomic mass is 10.1. The SMILES string of the molecule is COc1ccc(-c2nc3ccc(-c4nc5ccc(C6=NCCCN6)cc5[nH]4)cc3[nH]2)cc1. The summed E-state index contributed by atoms with van der Waals surface area (Å²) in [7, 11) is 1.66. The zero-order chi connectivity index (χ0) is 21.5. The third-order valence-corrected chi connectivity index (χ3v) is 5.77. The number of aromatic nitrogens is 4. The van der Waals surface area contributed by atoms with Crippen molar-refractivity contribution in [3.05, 3.63) is 66.2 Å². The summed E-state index contributed by atoms with van der Waals surface area (Å²) in [5, 5.41) is 3.38. The second-order valence-electron chi connectivity index (χ2n) is 7.87. The Balaban J connectivity index is 1.35. The number of fused-ring (bicyclic) bond motifs is 2. The van der Waals surface area contributed by atoms with Gasteiger partial charge in [-0.15, -0.1) is 0 Å². The molecule has 0 spiro atoms. The average Bonchev–Trinajstić information content (AvgIpc) is 3.48. The van der Waals surface area contributed by atoms with E-state index in [9.17, 15) is 0 Å². The van der Waals surface area contributed by atoms with Crippen LogP contribution in [-0.4, -0.2) is 46.0 Å². The Morgan fingerprint density at radius 3 is 2.03 bits per heavy atom. The molecule has 0 amide bonds. The normalized spacial score (nSPS) is 13.8. The van der Waals surface area contributed by atoms with E-state index in [1.54, 1.807) is 7.11 Å². The van der Waals surface area contributed by atoms with E-state index in [1.807, 2.05) is 42.5 Å². The van der Waals surface area contributed by atoms with Crippen molar-refractivity contribution >= 4 is 27.9 Å². The van der Waals surface area contributed by atoms with Crippen LogP contribution in [0, 0.1) is 0 Å². The van der Waals surface area contributed by atoms with Crippen LogP contribution in [0.25, 0.3) is 44.8 Å². The van der Waals surface area contributed by atoms with Gasteiger partial charge < -0.3 is 20.0 Å². The maximum absolute atomic E-state index is 5.24. The van der Waals surface area contributed by atoms with Crippen LogP contribution in [0.3, 0.4) is 0 Å². The van der Waals surface area contributed by atoms with Crippen LogP contribution < -0.4 is 10.1 Å². The highest BCUT2D eigenvalue weighted by atomic mass is 16.5. The van der Waals surface area contributed by atoms with Gasteiger partial charge in [0.2, 0.25) is 0 Å². The van der Waals surface area contributed by atoms with Crippen molar-refractivity contribution < 1.29 is 4.74 Å². The molecule has 3 N–H and O–H groups in total. The molecule has 158 valence electrons. The maximum atomic E-state index is 5.24. The third-order valence-electron chi connectivity index (χ3n) is 5.77. The minimum atomic E-state index is 0.825. The molecule has 0 unspecified atom stereocenters. The molecule has 2 aromatic heterocycles. The summed E-state index contributed by atoms with van der Waals surface area (Å²) in [4.78, 5) is 21.0. The fraction of sp³-hybridized carbons (Fsp3) is 0.160. The topological polar surface area (TPSA) is 91.0 Å². The zero-order valence-electron chi connectivity index (χ0n) is 17.6. The largest absolute Gasteiger partial charge is 0.497 e. The van der Waals surface area contributed by atoms with Crippen molar-refractivity contribution in [2.24, 2.45) is 4.99 Å². The lowest BCUT2D eigenvalue weighted by molar-refractivity contribution is 0.415. The number of nitrogens with zero attached hydrogens (tertiary/aromatic N) is 3. The van der Waals surface area contributed by atoms with Gasteiger partial charge in [0.15, 0.2) is 0 Å². The fourth-order valence-corrected chi connectivity index (χ4v) is 4.06. The summed E-state index contributed by atoms with van der Waals surface area (Å²) in [6.45, 7) is 1.84. The Bertz CT molecular complexity index is 1460. The van der Waals surface area contributed by atoms with Crippen molar-refractivity contribution in [1.82, 2.24) is 25.3 Å². The zero-order valence-corrected chi connectivity index (χ0v) is 17.6. The fourth-order valence-electron chi connectivity index (χ4n) is 4.06. The van der Waals surface area contributed by atoms with E-state index >= 15 is 0 Å². The van der Waals surface area contributed by atoms with E-state index in [-0.39, 0.29) is 0 Å². The Hall–Kier alpha value is -4.13. The van der Waals surface area contributed by atoms with Crippen LogP contribution in [0.1, 0.15) is 12.0 Å². The van der Waals surface area contributed by atoms with Gasteiger partial charge in [-0.3, -0.25) is 4.99 Å². The second kappa shape index (κ2) is 7.53. The number of amidine groups is 1. The summed E-state index contributed by atoms with van der Waals surface area (Å²) in [6, 6.07) is 20.2. The predicted octanol–water partition coefficient (Wildman–Crippen LogP) is 4.52. The number of aliphatic imine (C=N–C) groups is 1. The third kappa shape index (κ3) is 3.28. The van der Waals surface area contributed by atoms with Gasteiger partial charge >= 0.3 is 0 Å². The summed E-state index contributed by atoms with van der Waals surface area (Å²) in [6.07, 6.45) is 1.08. The van der Waals surface area contributed by atoms with Gasteiger partial charge in [0.1, 0.15) is 23.2 Å². The summed E-state index contributed by atoms with van der Waals surface area (Å²) in [5.74, 6) is 3.44. The monoisotopic (exact) mass is 422 g/mol. The van der Waals surface area contributed by atoms with E-state index in [1.165, 1.54) is 0 Å². The molecular weight excluding hydrogens is 400 g/mol. The van der Waals surface area contributed by atoms with E-state index in [0.29, 0.717) is 0 Å². The standard InChI is InChI=1S/C25H22N6O/c1-32-18-7-3-15(4-8-18)24-28-19-10-6-17(14-22(19)30-24)25-29-20-9-5-16(13-21(20)31-25)23-26-11-2-12-27-23/h3-10,13-14H,2,11-12H2,1H3,(H,26,27)(H,28,30)(H,29,31). The van der Waals surface area contributed by atoms with Crippen LogP contribution in [0.5, 0.6) is 5.75 Å². The highest BCUT2D eigenvalue weighted by molar-refractivity contribution is 6.01. The molecule has 3 heterocycles. The number of H-pyrrole nitrogens is 2. The number of imidazole rings is 2. The van der Waals surface area contributed by atoms with Crippen LogP contribution in [0.4, 0.5) is 0 Å². The van der Waals surface area contributed by atoms with Gasteiger partial charge in [-0.1, -0.05) is 0 Å². The first-order chi connectivity index (χ1) is 15.8. The van der Waals surface area contributed by atoms with Gasteiger partial charge in [0, 0.05) is 29.8 Å². The van der Waals surface area contributed by atoms with E-state index in [4.69, 9.17) is 14.7 Å². The molecule has 0 bridgehead atoms. The lowest BCUT2D eigenvalue weighted by Crippen LogP contribution is -2.30. The molecular formula is C25H22N6O. The van der Waals surface area contributed by atoms with Crippen LogP contribution in [0.2, 0.25) is 0 Å². The lowest BCUT2D eigenvalue weighted by Gasteiger charge is -2.14. The molecule has 1 aliphatic heterocycles. The Labute approximate surface area is 184 Å². The molecule has 0 radical (unpaired) electrons. The van der Waals surface area contributed by atoms with Crippen molar-refractivity contribution in [3.63, 3.8) is 0 Å². The average molecular weight is 422 g/mol. The summed E-state index contributed by atoms with van der Waals surface area (Å²) >= 11 is 0. The van der Waals surface area contributed by atoms with E-state index in [0.717, 1.165) is 81.5 Å². The van der Waals surface area contributed by atoms with Crippen molar-refractivity contribution in [2.45, 2.75) is 6.42 Å². The predicted molar refractivity (Wildman–Crippen MR) is 127 cm³/mol. The van der Waals surface area contributed by atoms with Gasteiger partial charge in [0.05, 0.1) is 29.2 Å². The molecule has 0 fully saturated rings.